The number of hydrogen-bond donors (Lipinski definition) is 0. The third-order valence-electron chi connectivity index (χ3n) is 2.84. The van der Waals surface area contributed by atoms with Gasteiger partial charge in [0.15, 0.2) is 0 Å². The Balaban J connectivity index is 2.81. The number of halogens is 1. The lowest BCUT2D eigenvalue weighted by atomic mass is 9.96. The predicted molar refractivity (Wildman–Crippen MR) is 71.1 cm³/mol. The van der Waals surface area contributed by atoms with Gasteiger partial charge in [0, 0.05) is 18.5 Å². The van der Waals surface area contributed by atoms with Crippen molar-refractivity contribution in [2.24, 2.45) is 7.05 Å². The smallest absolute Gasteiger partial charge is 0.290 e. The van der Waals surface area contributed by atoms with Gasteiger partial charge in [0.25, 0.3) is 5.69 Å². The van der Waals surface area contributed by atoms with E-state index < -0.39 is 4.92 Å². The fraction of sp³-hybridized carbons (Fsp3) is 0.417. The lowest BCUT2D eigenvalue weighted by molar-refractivity contribution is -0.384. The Bertz CT molecular complexity index is 641. The molecule has 0 N–H and O–H groups in total. The number of hydrogen-bond acceptors (Lipinski definition) is 3. The van der Waals surface area contributed by atoms with Crippen molar-refractivity contribution >= 4 is 28.3 Å². The van der Waals surface area contributed by atoms with Crippen LogP contribution in [0.3, 0.4) is 0 Å². The van der Waals surface area contributed by atoms with Gasteiger partial charge in [-0.3, -0.25) is 10.1 Å². The van der Waals surface area contributed by atoms with Crippen molar-refractivity contribution in [2.45, 2.75) is 26.2 Å². The Morgan fingerprint density at radius 1 is 1.39 bits per heavy atom. The fourth-order valence-electron chi connectivity index (χ4n) is 2.03. The average Bonchev–Trinajstić information content (AvgIpc) is 2.57. The monoisotopic (exact) mass is 267 g/mol. The minimum atomic E-state index is -0.493. The first-order valence-corrected chi connectivity index (χ1v) is 5.91. The molecule has 1 heterocycles. The van der Waals surface area contributed by atoms with Crippen LogP contribution in [-0.4, -0.2) is 14.5 Å². The Kier molecular flexibility index (Phi) is 2.81. The van der Waals surface area contributed by atoms with Crippen LogP contribution in [0, 0.1) is 10.1 Å². The van der Waals surface area contributed by atoms with Crippen LogP contribution in [-0.2, 0) is 12.5 Å². The molecule has 2 aromatic rings. The SMILES string of the molecule is Cn1c(C(C)(C)C)nc2c(Cl)c([N+](=O)[O-])ccc21. The zero-order valence-corrected chi connectivity index (χ0v) is 11.4. The van der Waals surface area contributed by atoms with Crippen LogP contribution in [0.2, 0.25) is 5.02 Å². The van der Waals surface area contributed by atoms with Gasteiger partial charge in [0.2, 0.25) is 0 Å². The summed E-state index contributed by atoms with van der Waals surface area (Å²) in [5.41, 5.74) is 1.03. The molecule has 6 heteroatoms. The van der Waals surface area contributed by atoms with Gasteiger partial charge < -0.3 is 4.57 Å². The molecule has 0 aliphatic carbocycles. The molecule has 0 spiro atoms. The summed E-state index contributed by atoms with van der Waals surface area (Å²) in [6.07, 6.45) is 0. The van der Waals surface area contributed by atoms with Gasteiger partial charge in [0.1, 0.15) is 16.4 Å². The number of aryl methyl sites for hydroxylation is 1. The molecule has 0 saturated carbocycles. The Labute approximate surface area is 110 Å². The second-order valence-electron chi connectivity index (χ2n) is 5.27. The molecule has 0 atom stereocenters. The highest BCUT2D eigenvalue weighted by molar-refractivity contribution is 6.37. The molecule has 18 heavy (non-hydrogen) atoms. The van der Waals surface area contributed by atoms with E-state index in [0.717, 1.165) is 11.3 Å². The molecule has 1 aromatic carbocycles. The summed E-state index contributed by atoms with van der Waals surface area (Å²) in [5.74, 6) is 0.847. The molecule has 0 bridgehead atoms. The van der Waals surface area contributed by atoms with Crippen LogP contribution in [0.15, 0.2) is 12.1 Å². The highest BCUT2D eigenvalue weighted by atomic mass is 35.5. The summed E-state index contributed by atoms with van der Waals surface area (Å²) in [5, 5.41) is 10.9. The largest absolute Gasteiger partial charge is 0.331 e. The predicted octanol–water partition coefficient (Wildman–Crippen LogP) is 3.43. The molecular weight excluding hydrogens is 254 g/mol. The number of benzene rings is 1. The molecular formula is C12H14ClN3O2. The summed E-state index contributed by atoms with van der Waals surface area (Å²) < 4.78 is 1.92. The third kappa shape index (κ3) is 1.84. The number of rotatable bonds is 1. The molecule has 0 saturated heterocycles. The first kappa shape index (κ1) is 12.8. The molecule has 96 valence electrons. The second kappa shape index (κ2) is 3.95. The van der Waals surface area contributed by atoms with Crippen molar-refractivity contribution < 1.29 is 4.92 Å². The zero-order valence-electron chi connectivity index (χ0n) is 10.7. The lowest BCUT2D eigenvalue weighted by Crippen LogP contribution is -2.17. The van der Waals surface area contributed by atoms with Crippen LogP contribution in [0.4, 0.5) is 5.69 Å². The molecule has 0 unspecified atom stereocenters. The van der Waals surface area contributed by atoms with Crippen molar-refractivity contribution in [2.75, 3.05) is 0 Å². The molecule has 0 radical (unpaired) electrons. The van der Waals surface area contributed by atoms with E-state index in [9.17, 15) is 10.1 Å². The van der Waals surface area contributed by atoms with E-state index in [1.54, 1.807) is 6.07 Å². The minimum Gasteiger partial charge on any atom is -0.331 e. The maximum Gasteiger partial charge on any atom is 0.290 e. The number of fused-ring (bicyclic) bond motifs is 1. The van der Waals surface area contributed by atoms with Crippen LogP contribution in [0.5, 0.6) is 0 Å². The minimum absolute atomic E-state index is 0.101. The van der Waals surface area contributed by atoms with E-state index in [-0.39, 0.29) is 16.1 Å². The zero-order chi connectivity index (χ0) is 13.7. The van der Waals surface area contributed by atoms with Gasteiger partial charge in [-0.25, -0.2) is 4.98 Å². The molecule has 0 amide bonds. The molecule has 0 aliphatic heterocycles. The quantitative estimate of drug-likeness (QED) is 0.587. The van der Waals surface area contributed by atoms with E-state index in [0.29, 0.717) is 5.52 Å². The molecule has 1 aromatic heterocycles. The van der Waals surface area contributed by atoms with Gasteiger partial charge in [-0.05, 0) is 6.07 Å². The fourth-order valence-corrected chi connectivity index (χ4v) is 2.30. The van der Waals surface area contributed by atoms with Gasteiger partial charge in [0.05, 0.1) is 10.4 Å². The van der Waals surface area contributed by atoms with Crippen molar-refractivity contribution in [1.29, 1.82) is 0 Å². The van der Waals surface area contributed by atoms with Gasteiger partial charge in [-0.1, -0.05) is 32.4 Å². The summed E-state index contributed by atoms with van der Waals surface area (Å²) in [4.78, 5) is 14.8. The molecule has 5 nitrogen and oxygen atoms in total. The van der Waals surface area contributed by atoms with E-state index >= 15 is 0 Å². The molecule has 2 rings (SSSR count). The Morgan fingerprint density at radius 2 is 2.00 bits per heavy atom. The topological polar surface area (TPSA) is 61.0 Å². The summed E-state index contributed by atoms with van der Waals surface area (Å²) in [6, 6.07) is 3.10. The number of aromatic nitrogens is 2. The van der Waals surface area contributed by atoms with Gasteiger partial charge >= 0.3 is 0 Å². The lowest BCUT2D eigenvalue weighted by Gasteiger charge is -2.17. The van der Waals surface area contributed by atoms with Crippen molar-refractivity contribution in [3.05, 3.63) is 33.1 Å². The van der Waals surface area contributed by atoms with Crippen molar-refractivity contribution in [1.82, 2.24) is 9.55 Å². The number of nitro groups is 1. The van der Waals surface area contributed by atoms with Gasteiger partial charge in [-0.15, -0.1) is 0 Å². The summed E-state index contributed by atoms with van der Waals surface area (Å²) in [7, 11) is 1.89. The Morgan fingerprint density at radius 3 is 2.50 bits per heavy atom. The second-order valence-corrected chi connectivity index (χ2v) is 5.65. The standard InChI is InChI=1S/C12H14ClN3O2/c1-12(2,3)11-14-10-8(15(11)4)6-5-7(9(10)13)16(17)18/h5-6H,1-4H3. The third-order valence-corrected chi connectivity index (χ3v) is 3.21. The first-order valence-electron chi connectivity index (χ1n) is 5.53. The van der Waals surface area contributed by atoms with Crippen molar-refractivity contribution in [3.8, 4) is 0 Å². The van der Waals surface area contributed by atoms with E-state index in [1.807, 2.05) is 32.4 Å². The van der Waals surface area contributed by atoms with Crippen molar-refractivity contribution in [3.63, 3.8) is 0 Å². The number of nitrogens with zero attached hydrogens (tertiary/aromatic N) is 3. The maximum absolute atomic E-state index is 10.8. The van der Waals surface area contributed by atoms with Gasteiger partial charge in [-0.2, -0.15) is 0 Å². The normalized spacial score (nSPS) is 12.1. The highest BCUT2D eigenvalue weighted by Crippen LogP contribution is 2.34. The van der Waals surface area contributed by atoms with E-state index in [2.05, 4.69) is 4.98 Å². The number of nitro benzene ring substituents is 1. The summed E-state index contributed by atoms with van der Waals surface area (Å²) >= 11 is 6.05. The Hall–Kier alpha value is -1.62. The van der Waals surface area contributed by atoms with Crippen LogP contribution in [0.1, 0.15) is 26.6 Å². The average molecular weight is 268 g/mol. The number of imidazole rings is 1. The van der Waals surface area contributed by atoms with Crippen LogP contribution in [0.25, 0.3) is 11.0 Å². The van der Waals surface area contributed by atoms with E-state index in [4.69, 9.17) is 11.6 Å². The molecule has 0 aliphatic rings. The van der Waals surface area contributed by atoms with E-state index in [1.165, 1.54) is 6.07 Å². The first-order chi connectivity index (χ1) is 8.23. The van der Waals surface area contributed by atoms with Crippen LogP contribution < -0.4 is 0 Å². The molecule has 0 fully saturated rings. The maximum atomic E-state index is 10.8. The summed E-state index contributed by atoms with van der Waals surface area (Å²) in [6.45, 7) is 6.11. The highest BCUT2D eigenvalue weighted by Gasteiger charge is 2.25. The van der Waals surface area contributed by atoms with Crippen LogP contribution >= 0.6 is 11.6 Å².